The summed E-state index contributed by atoms with van der Waals surface area (Å²) in [5.41, 5.74) is 0.767. The Morgan fingerprint density at radius 1 is 1.29 bits per heavy atom. The van der Waals surface area contributed by atoms with Gasteiger partial charge in [-0.05, 0) is 37.0 Å². The highest BCUT2D eigenvalue weighted by Crippen LogP contribution is 2.24. The number of amides is 1. The summed E-state index contributed by atoms with van der Waals surface area (Å²) < 4.78 is 13.0. The van der Waals surface area contributed by atoms with Crippen LogP contribution in [0.5, 0.6) is 0 Å². The fourth-order valence-corrected chi connectivity index (χ4v) is 2.83. The molecule has 0 spiro atoms. The van der Waals surface area contributed by atoms with Crippen LogP contribution in [-0.4, -0.2) is 23.0 Å². The molecule has 1 fully saturated rings. The number of nitrogens with one attached hydrogen (secondary N) is 1. The van der Waals surface area contributed by atoms with Gasteiger partial charge in [-0.1, -0.05) is 25.0 Å². The molecule has 0 radical (unpaired) electrons. The van der Waals surface area contributed by atoms with Crippen LogP contribution in [-0.2, 0) is 16.0 Å². The van der Waals surface area contributed by atoms with Gasteiger partial charge in [0.2, 0.25) is 5.91 Å². The van der Waals surface area contributed by atoms with Crippen LogP contribution in [0.1, 0.15) is 37.7 Å². The van der Waals surface area contributed by atoms with Crippen molar-refractivity contribution in [1.29, 1.82) is 0 Å². The van der Waals surface area contributed by atoms with Gasteiger partial charge in [-0.25, -0.2) is 4.39 Å². The van der Waals surface area contributed by atoms with Crippen LogP contribution in [0.15, 0.2) is 24.3 Å². The molecule has 4 nitrogen and oxygen atoms in total. The SMILES string of the molecule is O=C(CCc1cccc(F)c1)N[C@@H]1CCCC[C@H]1C(=O)O. The summed E-state index contributed by atoms with van der Waals surface area (Å²) in [6, 6.07) is 5.88. The van der Waals surface area contributed by atoms with E-state index < -0.39 is 11.9 Å². The lowest BCUT2D eigenvalue weighted by Gasteiger charge is -2.29. The molecule has 1 saturated carbocycles. The van der Waals surface area contributed by atoms with Crippen molar-refractivity contribution in [2.24, 2.45) is 5.92 Å². The van der Waals surface area contributed by atoms with Crippen LogP contribution in [0, 0.1) is 11.7 Å². The van der Waals surface area contributed by atoms with Gasteiger partial charge in [-0.2, -0.15) is 0 Å². The number of halogens is 1. The molecule has 2 N–H and O–H groups in total. The maximum Gasteiger partial charge on any atom is 0.308 e. The van der Waals surface area contributed by atoms with E-state index in [0.29, 0.717) is 19.3 Å². The van der Waals surface area contributed by atoms with E-state index >= 15 is 0 Å². The number of aryl methyl sites for hydroxylation is 1. The van der Waals surface area contributed by atoms with Crippen LogP contribution in [0.4, 0.5) is 4.39 Å². The van der Waals surface area contributed by atoms with E-state index in [-0.39, 0.29) is 24.2 Å². The maximum absolute atomic E-state index is 13.0. The van der Waals surface area contributed by atoms with Crippen molar-refractivity contribution < 1.29 is 19.1 Å². The molecule has 0 heterocycles. The van der Waals surface area contributed by atoms with E-state index in [0.717, 1.165) is 18.4 Å². The fraction of sp³-hybridized carbons (Fsp3) is 0.500. The lowest BCUT2D eigenvalue weighted by molar-refractivity contribution is -0.144. The molecule has 0 aliphatic heterocycles. The van der Waals surface area contributed by atoms with Crippen LogP contribution >= 0.6 is 0 Å². The second kappa shape index (κ2) is 7.20. The Hall–Kier alpha value is -1.91. The molecular formula is C16H20FNO3. The zero-order valence-electron chi connectivity index (χ0n) is 11.8. The van der Waals surface area contributed by atoms with Gasteiger partial charge in [0.05, 0.1) is 5.92 Å². The van der Waals surface area contributed by atoms with Crippen molar-refractivity contribution in [3.05, 3.63) is 35.6 Å². The minimum atomic E-state index is -0.842. The Morgan fingerprint density at radius 2 is 2.05 bits per heavy atom. The summed E-state index contributed by atoms with van der Waals surface area (Å²) in [6.07, 6.45) is 3.86. The molecule has 0 saturated heterocycles. The zero-order chi connectivity index (χ0) is 15.2. The average molecular weight is 293 g/mol. The molecule has 0 bridgehead atoms. The van der Waals surface area contributed by atoms with Gasteiger partial charge < -0.3 is 10.4 Å². The summed E-state index contributed by atoms with van der Waals surface area (Å²) >= 11 is 0. The number of aliphatic carboxylic acids is 1. The molecule has 1 aromatic rings. The van der Waals surface area contributed by atoms with E-state index in [4.69, 9.17) is 5.11 Å². The van der Waals surface area contributed by atoms with Gasteiger partial charge in [-0.15, -0.1) is 0 Å². The standard InChI is InChI=1S/C16H20FNO3/c17-12-5-3-4-11(10-12)8-9-15(19)18-14-7-2-1-6-13(14)16(20)21/h3-5,10,13-14H,1-2,6-9H2,(H,18,19)(H,20,21)/t13-,14-/m1/s1. The second-order valence-corrected chi connectivity index (χ2v) is 5.53. The highest BCUT2D eigenvalue weighted by Gasteiger charge is 2.31. The minimum Gasteiger partial charge on any atom is -0.481 e. The molecule has 1 aliphatic carbocycles. The van der Waals surface area contributed by atoms with E-state index in [2.05, 4.69) is 5.32 Å². The van der Waals surface area contributed by atoms with Gasteiger partial charge in [0, 0.05) is 12.5 Å². The highest BCUT2D eigenvalue weighted by atomic mass is 19.1. The summed E-state index contributed by atoms with van der Waals surface area (Å²) in [4.78, 5) is 23.1. The zero-order valence-corrected chi connectivity index (χ0v) is 11.8. The number of benzene rings is 1. The normalized spacial score (nSPS) is 21.8. The van der Waals surface area contributed by atoms with E-state index in [1.54, 1.807) is 12.1 Å². The predicted molar refractivity (Wildman–Crippen MR) is 76.2 cm³/mol. The van der Waals surface area contributed by atoms with Crippen LogP contribution in [0.25, 0.3) is 0 Å². The van der Waals surface area contributed by atoms with Crippen LogP contribution in [0.3, 0.4) is 0 Å². The first-order valence-electron chi connectivity index (χ1n) is 7.33. The molecule has 1 aromatic carbocycles. The number of hydrogen-bond donors (Lipinski definition) is 2. The molecular weight excluding hydrogens is 273 g/mol. The quantitative estimate of drug-likeness (QED) is 0.876. The molecule has 2 atom stereocenters. The lowest BCUT2D eigenvalue weighted by atomic mass is 9.84. The van der Waals surface area contributed by atoms with Crippen molar-refractivity contribution in [3.63, 3.8) is 0 Å². The number of carbonyl (C=O) groups excluding carboxylic acids is 1. The Balaban J connectivity index is 1.84. The summed E-state index contributed by atoms with van der Waals surface area (Å²) in [7, 11) is 0. The second-order valence-electron chi connectivity index (χ2n) is 5.53. The van der Waals surface area contributed by atoms with Gasteiger partial charge in [0.25, 0.3) is 0 Å². The lowest BCUT2D eigenvalue weighted by Crippen LogP contribution is -2.45. The maximum atomic E-state index is 13.0. The number of carbonyl (C=O) groups is 2. The molecule has 114 valence electrons. The fourth-order valence-electron chi connectivity index (χ4n) is 2.83. The monoisotopic (exact) mass is 293 g/mol. The number of rotatable bonds is 5. The molecule has 5 heteroatoms. The molecule has 1 amide bonds. The largest absolute Gasteiger partial charge is 0.481 e. The average Bonchev–Trinajstić information content (AvgIpc) is 2.45. The minimum absolute atomic E-state index is 0.169. The Bertz CT molecular complexity index is 518. The third kappa shape index (κ3) is 4.55. The van der Waals surface area contributed by atoms with Crippen molar-refractivity contribution in [2.45, 2.75) is 44.6 Å². The highest BCUT2D eigenvalue weighted by molar-refractivity contribution is 5.78. The molecule has 0 unspecified atom stereocenters. The molecule has 0 aromatic heterocycles. The molecule has 21 heavy (non-hydrogen) atoms. The molecule has 1 aliphatic rings. The molecule has 2 rings (SSSR count). The van der Waals surface area contributed by atoms with E-state index in [1.165, 1.54) is 12.1 Å². The number of carboxylic acid groups (broad SMARTS) is 1. The smallest absolute Gasteiger partial charge is 0.308 e. The van der Waals surface area contributed by atoms with Gasteiger partial charge in [0.1, 0.15) is 5.82 Å². The first kappa shape index (κ1) is 15.5. The van der Waals surface area contributed by atoms with E-state index in [9.17, 15) is 14.0 Å². The van der Waals surface area contributed by atoms with Gasteiger partial charge >= 0.3 is 5.97 Å². The topological polar surface area (TPSA) is 66.4 Å². The predicted octanol–water partition coefficient (Wildman–Crippen LogP) is 2.52. The Labute approximate surface area is 123 Å². The first-order valence-corrected chi connectivity index (χ1v) is 7.33. The third-order valence-electron chi connectivity index (χ3n) is 3.96. The number of carboxylic acids is 1. The van der Waals surface area contributed by atoms with E-state index in [1.807, 2.05) is 0 Å². The van der Waals surface area contributed by atoms with Crippen LogP contribution < -0.4 is 5.32 Å². The van der Waals surface area contributed by atoms with Crippen molar-refractivity contribution >= 4 is 11.9 Å². The number of hydrogen-bond acceptors (Lipinski definition) is 2. The van der Waals surface area contributed by atoms with Gasteiger partial charge in [0.15, 0.2) is 0 Å². The first-order chi connectivity index (χ1) is 10.1. The van der Waals surface area contributed by atoms with Crippen molar-refractivity contribution in [3.8, 4) is 0 Å². The van der Waals surface area contributed by atoms with Crippen molar-refractivity contribution in [2.75, 3.05) is 0 Å². The Morgan fingerprint density at radius 3 is 2.76 bits per heavy atom. The van der Waals surface area contributed by atoms with Crippen molar-refractivity contribution in [1.82, 2.24) is 5.32 Å². The summed E-state index contributed by atoms with van der Waals surface area (Å²) in [6.45, 7) is 0. The van der Waals surface area contributed by atoms with Gasteiger partial charge in [-0.3, -0.25) is 9.59 Å². The van der Waals surface area contributed by atoms with Crippen LogP contribution in [0.2, 0.25) is 0 Å². The Kier molecular flexibility index (Phi) is 5.31. The third-order valence-corrected chi connectivity index (χ3v) is 3.96. The summed E-state index contributed by atoms with van der Waals surface area (Å²) in [5, 5.41) is 12.0. The summed E-state index contributed by atoms with van der Waals surface area (Å²) in [5.74, 6) is -1.81.